The molecular weight excluding hydrogens is 352 g/mol. The summed E-state index contributed by atoms with van der Waals surface area (Å²) in [4.78, 5) is 0.314. The van der Waals surface area contributed by atoms with Crippen molar-refractivity contribution in [3.05, 3.63) is 59.7 Å². The molecule has 0 aromatic heterocycles. The molecule has 0 saturated heterocycles. The normalized spacial score (nSPS) is 12.7. The lowest BCUT2D eigenvalue weighted by atomic mass is 10.0. The molecule has 2 rings (SSSR count). The Hall–Kier alpha value is -1.92. The highest BCUT2D eigenvalue weighted by Crippen LogP contribution is 2.18. The van der Waals surface area contributed by atoms with Crippen LogP contribution in [0.1, 0.15) is 43.9 Å². The third kappa shape index (κ3) is 5.54. The number of hydrogen-bond donors (Lipinski definition) is 2. The first-order valence-electron chi connectivity index (χ1n) is 8.14. The predicted molar refractivity (Wildman–Crippen MR) is 108 cm³/mol. The predicted octanol–water partition coefficient (Wildman–Crippen LogP) is 4.26. The van der Waals surface area contributed by atoms with Crippen LogP contribution in [0.25, 0.3) is 0 Å². The van der Waals surface area contributed by atoms with Crippen LogP contribution in [0.2, 0.25) is 0 Å². The first-order valence-corrected chi connectivity index (χ1v) is 10.4. The SMILES string of the molecule is CC(C)c1ccc(NC(=S)N[C@@H](C)c2ccc(S(C)(=O)=O)cc2)cc1. The molecule has 0 fully saturated rings. The molecule has 0 aliphatic heterocycles. The maximum Gasteiger partial charge on any atom is 0.175 e. The van der Waals surface area contributed by atoms with Crippen molar-refractivity contribution >= 4 is 32.9 Å². The number of thiocarbonyl (C=S) groups is 1. The average Bonchev–Trinajstić information content (AvgIpc) is 2.54. The summed E-state index contributed by atoms with van der Waals surface area (Å²) in [7, 11) is -3.18. The summed E-state index contributed by atoms with van der Waals surface area (Å²) in [5, 5.41) is 6.90. The number of anilines is 1. The average molecular weight is 377 g/mol. The van der Waals surface area contributed by atoms with E-state index in [0.717, 1.165) is 11.3 Å². The molecular formula is C19H24N2O2S2. The molecule has 134 valence electrons. The van der Waals surface area contributed by atoms with Gasteiger partial charge >= 0.3 is 0 Å². The number of rotatable bonds is 5. The van der Waals surface area contributed by atoms with E-state index in [-0.39, 0.29) is 6.04 Å². The van der Waals surface area contributed by atoms with Crippen LogP contribution in [-0.4, -0.2) is 19.8 Å². The molecule has 0 amide bonds. The van der Waals surface area contributed by atoms with Gasteiger partial charge in [0.05, 0.1) is 10.9 Å². The molecule has 0 spiro atoms. The molecule has 6 heteroatoms. The van der Waals surface area contributed by atoms with Gasteiger partial charge in [0.2, 0.25) is 0 Å². The molecule has 0 radical (unpaired) electrons. The van der Waals surface area contributed by atoms with Crippen LogP contribution in [0.4, 0.5) is 5.69 Å². The van der Waals surface area contributed by atoms with E-state index in [1.807, 2.05) is 19.1 Å². The van der Waals surface area contributed by atoms with E-state index in [9.17, 15) is 8.42 Å². The Morgan fingerprint density at radius 1 is 0.920 bits per heavy atom. The molecule has 1 atom stereocenters. The molecule has 2 N–H and O–H groups in total. The van der Waals surface area contributed by atoms with E-state index in [1.54, 1.807) is 24.3 Å². The van der Waals surface area contributed by atoms with E-state index < -0.39 is 9.84 Å². The third-order valence-corrected chi connectivity index (χ3v) is 5.34. The summed E-state index contributed by atoms with van der Waals surface area (Å²) in [6.07, 6.45) is 1.20. The zero-order valence-electron chi connectivity index (χ0n) is 14.9. The second-order valence-electron chi connectivity index (χ2n) is 6.44. The summed E-state index contributed by atoms with van der Waals surface area (Å²) in [6, 6.07) is 15.0. The highest BCUT2D eigenvalue weighted by atomic mass is 32.2. The molecule has 2 aromatic rings. The molecule has 0 bridgehead atoms. The first-order chi connectivity index (χ1) is 11.7. The zero-order valence-corrected chi connectivity index (χ0v) is 16.5. The van der Waals surface area contributed by atoms with Gasteiger partial charge in [0.1, 0.15) is 0 Å². The fourth-order valence-electron chi connectivity index (χ4n) is 2.40. The van der Waals surface area contributed by atoms with Gasteiger partial charge in [-0.1, -0.05) is 38.1 Å². The second-order valence-corrected chi connectivity index (χ2v) is 8.86. The largest absolute Gasteiger partial charge is 0.356 e. The highest BCUT2D eigenvalue weighted by molar-refractivity contribution is 7.90. The van der Waals surface area contributed by atoms with Crippen molar-refractivity contribution in [1.29, 1.82) is 0 Å². The van der Waals surface area contributed by atoms with Gasteiger partial charge in [-0.25, -0.2) is 8.42 Å². The van der Waals surface area contributed by atoms with E-state index in [1.165, 1.54) is 11.8 Å². The molecule has 0 aliphatic rings. The molecule has 25 heavy (non-hydrogen) atoms. The van der Waals surface area contributed by atoms with Crippen molar-refractivity contribution in [3.8, 4) is 0 Å². The summed E-state index contributed by atoms with van der Waals surface area (Å²) in [5.74, 6) is 0.494. The van der Waals surface area contributed by atoms with Gasteiger partial charge in [0, 0.05) is 11.9 Å². The van der Waals surface area contributed by atoms with Gasteiger partial charge in [0.15, 0.2) is 14.9 Å². The summed E-state index contributed by atoms with van der Waals surface area (Å²) < 4.78 is 23.0. The zero-order chi connectivity index (χ0) is 18.6. The smallest absolute Gasteiger partial charge is 0.175 e. The van der Waals surface area contributed by atoms with Crippen LogP contribution in [0.3, 0.4) is 0 Å². The van der Waals surface area contributed by atoms with Gasteiger partial charge in [-0.2, -0.15) is 0 Å². The standard InChI is InChI=1S/C19H24N2O2S2/c1-13(2)15-5-9-17(10-6-15)21-19(24)20-14(3)16-7-11-18(12-8-16)25(4,22)23/h5-14H,1-4H3,(H2,20,21,24)/t14-/m0/s1. The summed E-state index contributed by atoms with van der Waals surface area (Å²) in [5.41, 5.74) is 3.18. The van der Waals surface area contributed by atoms with Gasteiger partial charge in [-0.3, -0.25) is 0 Å². The second kappa shape index (κ2) is 7.97. The quantitative estimate of drug-likeness (QED) is 0.764. The number of sulfone groups is 1. The molecule has 0 heterocycles. The lowest BCUT2D eigenvalue weighted by Crippen LogP contribution is -2.30. The number of nitrogens with one attached hydrogen (secondary N) is 2. The van der Waals surface area contributed by atoms with Crippen LogP contribution in [0.15, 0.2) is 53.4 Å². The van der Waals surface area contributed by atoms with Gasteiger partial charge < -0.3 is 10.6 Å². The van der Waals surface area contributed by atoms with Crippen molar-refractivity contribution in [2.45, 2.75) is 37.6 Å². The third-order valence-electron chi connectivity index (χ3n) is 3.99. The Morgan fingerprint density at radius 3 is 1.92 bits per heavy atom. The Morgan fingerprint density at radius 2 is 1.44 bits per heavy atom. The number of hydrogen-bond acceptors (Lipinski definition) is 3. The Balaban J connectivity index is 1.97. The van der Waals surface area contributed by atoms with E-state index in [0.29, 0.717) is 15.9 Å². The Labute approximate surface area is 155 Å². The Bertz CT molecular complexity index is 827. The monoisotopic (exact) mass is 376 g/mol. The van der Waals surface area contributed by atoms with Crippen LogP contribution in [0.5, 0.6) is 0 Å². The minimum Gasteiger partial charge on any atom is -0.356 e. The molecule has 0 aliphatic carbocycles. The first kappa shape index (κ1) is 19.4. The minimum atomic E-state index is -3.18. The molecule has 0 unspecified atom stereocenters. The van der Waals surface area contributed by atoms with Crippen LogP contribution in [0, 0.1) is 0 Å². The molecule has 2 aromatic carbocycles. The van der Waals surface area contributed by atoms with E-state index >= 15 is 0 Å². The van der Waals surface area contributed by atoms with E-state index in [2.05, 4.69) is 36.6 Å². The fraction of sp³-hybridized carbons (Fsp3) is 0.316. The maximum atomic E-state index is 11.5. The Kier molecular flexibility index (Phi) is 6.19. The van der Waals surface area contributed by atoms with Crippen LogP contribution in [-0.2, 0) is 9.84 Å². The lowest BCUT2D eigenvalue weighted by molar-refractivity contribution is 0.601. The molecule has 0 saturated carbocycles. The van der Waals surface area contributed by atoms with Gasteiger partial charge in [-0.05, 0) is 60.5 Å². The number of benzene rings is 2. The van der Waals surface area contributed by atoms with Gasteiger partial charge in [-0.15, -0.1) is 0 Å². The minimum absolute atomic E-state index is 0.0384. The van der Waals surface area contributed by atoms with Crippen molar-refractivity contribution in [1.82, 2.24) is 5.32 Å². The van der Waals surface area contributed by atoms with E-state index in [4.69, 9.17) is 12.2 Å². The highest BCUT2D eigenvalue weighted by Gasteiger charge is 2.10. The molecule has 4 nitrogen and oxygen atoms in total. The topological polar surface area (TPSA) is 58.2 Å². The lowest BCUT2D eigenvalue weighted by Gasteiger charge is -2.18. The van der Waals surface area contributed by atoms with Crippen LogP contribution < -0.4 is 10.6 Å². The van der Waals surface area contributed by atoms with Crippen molar-refractivity contribution < 1.29 is 8.42 Å². The van der Waals surface area contributed by atoms with Crippen LogP contribution >= 0.6 is 12.2 Å². The van der Waals surface area contributed by atoms with Crippen molar-refractivity contribution in [2.24, 2.45) is 0 Å². The van der Waals surface area contributed by atoms with Gasteiger partial charge in [0.25, 0.3) is 0 Å². The summed E-state index contributed by atoms with van der Waals surface area (Å²) in [6.45, 7) is 6.29. The maximum absolute atomic E-state index is 11.5. The van der Waals surface area contributed by atoms with Crippen molar-refractivity contribution in [3.63, 3.8) is 0 Å². The fourth-order valence-corrected chi connectivity index (χ4v) is 3.33. The summed E-state index contributed by atoms with van der Waals surface area (Å²) >= 11 is 5.36. The van der Waals surface area contributed by atoms with Crippen molar-refractivity contribution in [2.75, 3.05) is 11.6 Å².